The molecule has 0 amide bonds. The predicted molar refractivity (Wildman–Crippen MR) is 41.6 cm³/mol. The Balaban J connectivity index is 2.76. The van der Waals surface area contributed by atoms with Crippen molar-refractivity contribution in [3.63, 3.8) is 0 Å². The van der Waals surface area contributed by atoms with Gasteiger partial charge in [-0.15, -0.1) is 0 Å². The molecule has 11 heavy (non-hydrogen) atoms. The van der Waals surface area contributed by atoms with Crippen molar-refractivity contribution in [2.75, 3.05) is 13.7 Å². The van der Waals surface area contributed by atoms with Crippen molar-refractivity contribution in [2.24, 2.45) is 5.14 Å². The Hall–Kier alpha value is -0.130. The van der Waals surface area contributed by atoms with E-state index in [0.29, 0.717) is 12.8 Å². The van der Waals surface area contributed by atoms with Crippen molar-refractivity contribution >= 4 is 10.0 Å². The Morgan fingerprint density at radius 2 is 2.09 bits per heavy atom. The lowest BCUT2D eigenvalue weighted by molar-refractivity contribution is 0.127. The van der Waals surface area contributed by atoms with Crippen LogP contribution in [0.1, 0.15) is 19.3 Å². The minimum Gasteiger partial charge on any atom is -0.383 e. The van der Waals surface area contributed by atoms with E-state index in [2.05, 4.69) is 0 Å². The zero-order valence-corrected chi connectivity index (χ0v) is 7.36. The van der Waals surface area contributed by atoms with Crippen LogP contribution in [-0.4, -0.2) is 26.9 Å². The summed E-state index contributed by atoms with van der Waals surface area (Å²) in [5, 5.41) is 5.05. The van der Waals surface area contributed by atoms with Gasteiger partial charge in [-0.1, -0.05) is 6.42 Å². The molecule has 0 radical (unpaired) electrons. The molecule has 66 valence electrons. The number of hydrogen-bond donors (Lipinski definition) is 1. The van der Waals surface area contributed by atoms with Gasteiger partial charge >= 0.3 is 0 Å². The Morgan fingerprint density at radius 3 is 2.18 bits per heavy atom. The van der Waals surface area contributed by atoms with Crippen LogP contribution in [0.2, 0.25) is 0 Å². The molecular weight excluding hydrogens is 166 g/mol. The summed E-state index contributed by atoms with van der Waals surface area (Å²) in [6.07, 6.45) is 2.21. The van der Waals surface area contributed by atoms with Crippen molar-refractivity contribution < 1.29 is 13.2 Å². The van der Waals surface area contributed by atoms with Crippen LogP contribution in [0.3, 0.4) is 0 Å². The summed E-state index contributed by atoms with van der Waals surface area (Å²) in [5.74, 6) is 0. The van der Waals surface area contributed by atoms with Gasteiger partial charge in [-0.05, 0) is 12.8 Å². The number of rotatable bonds is 3. The highest BCUT2D eigenvalue weighted by Gasteiger charge is 2.47. The minimum absolute atomic E-state index is 0.228. The quantitative estimate of drug-likeness (QED) is 0.654. The molecule has 0 aromatic rings. The Morgan fingerprint density at radius 1 is 1.55 bits per heavy atom. The first-order chi connectivity index (χ1) is 5.02. The summed E-state index contributed by atoms with van der Waals surface area (Å²) in [5.41, 5.74) is 0. The summed E-state index contributed by atoms with van der Waals surface area (Å²) in [7, 11) is -1.92. The average molecular weight is 179 g/mol. The molecule has 4 nitrogen and oxygen atoms in total. The van der Waals surface area contributed by atoms with E-state index in [1.807, 2.05) is 0 Å². The Bertz CT molecular complexity index is 230. The number of nitrogens with two attached hydrogens (primary N) is 1. The van der Waals surface area contributed by atoms with E-state index >= 15 is 0 Å². The van der Waals surface area contributed by atoms with Gasteiger partial charge in [-0.2, -0.15) is 0 Å². The summed E-state index contributed by atoms with van der Waals surface area (Å²) < 4.78 is 26.1. The second kappa shape index (κ2) is 2.73. The average Bonchev–Trinajstić information content (AvgIpc) is 1.75. The number of hydrogen-bond acceptors (Lipinski definition) is 3. The van der Waals surface area contributed by atoms with Crippen molar-refractivity contribution in [1.82, 2.24) is 0 Å². The van der Waals surface area contributed by atoms with Gasteiger partial charge in [0, 0.05) is 7.11 Å². The largest absolute Gasteiger partial charge is 0.383 e. The van der Waals surface area contributed by atoms with E-state index in [9.17, 15) is 8.42 Å². The van der Waals surface area contributed by atoms with E-state index in [0.717, 1.165) is 6.42 Å². The molecule has 1 saturated carbocycles. The molecular formula is C6H13NO3S. The molecule has 1 rings (SSSR count). The minimum atomic E-state index is -3.41. The maximum absolute atomic E-state index is 11.0. The van der Waals surface area contributed by atoms with Gasteiger partial charge in [0.15, 0.2) is 0 Å². The maximum Gasteiger partial charge on any atom is 0.217 e. The zero-order chi connectivity index (χ0) is 8.54. The molecule has 1 fully saturated rings. The Kier molecular flexibility index (Phi) is 2.22. The fraction of sp³-hybridized carbons (Fsp3) is 1.00. The van der Waals surface area contributed by atoms with Gasteiger partial charge in [0.2, 0.25) is 10.0 Å². The summed E-state index contributed by atoms with van der Waals surface area (Å²) >= 11 is 0. The van der Waals surface area contributed by atoms with Gasteiger partial charge in [-0.25, -0.2) is 13.6 Å². The topological polar surface area (TPSA) is 69.4 Å². The van der Waals surface area contributed by atoms with Crippen LogP contribution in [0, 0.1) is 0 Å². The lowest BCUT2D eigenvalue weighted by Crippen LogP contribution is -2.52. The molecule has 0 heterocycles. The van der Waals surface area contributed by atoms with Crippen LogP contribution >= 0.6 is 0 Å². The third kappa shape index (κ3) is 1.40. The van der Waals surface area contributed by atoms with Crippen LogP contribution in [0.4, 0.5) is 0 Å². The summed E-state index contributed by atoms with van der Waals surface area (Å²) in [6, 6.07) is 0. The van der Waals surface area contributed by atoms with Gasteiger partial charge in [0.25, 0.3) is 0 Å². The van der Waals surface area contributed by atoms with E-state index in [-0.39, 0.29) is 6.61 Å². The lowest BCUT2D eigenvalue weighted by Gasteiger charge is -2.38. The fourth-order valence-corrected chi connectivity index (χ4v) is 2.48. The van der Waals surface area contributed by atoms with Crippen molar-refractivity contribution in [3.8, 4) is 0 Å². The molecule has 1 aliphatic rings. The lowest BCUT2D eigenvalue weighted by atomic mass is 9.85. The highest BCUT2D eigenvalue weighted by Crippen LogP contribution is 2.37. The first kappa shape index (κ1) is 8.96. The Labute approximate surface area is 66.8 Å². The highest BCUT2D eigenvalue weighted by atomic mass is 32.2. The van der Waals surface area contributed by atoms with E-state index in [1.165, 1.54) is 7.11 Å². The molecule has 0 aromatic heterocycles. The van der Waals surface area contributed by atoms with Crippen LogP contribution in [0.15, 0.2) is 0 Å². The second-order valence-electron chi connectivity index (χ2n) is 3.01. The first-order valence-corrected chi connectivity index (χ1v) is 5.08. The van der Waals surface area contributed by atoms with Crippen molar-refractivity contribution in [3.05, 3.63) is 0 Å². The zero-order valence-electron chi connectivity index (χ0n) is 6.54. The standard InChI is InChI=1S/C6H13NO3S/c1-10-5-6(3-2-4-6)11(7,8)9/h2-5H2,1H3,(H2,7,8,9). The van der Waals surface area contributed by atoms with E-state index in [1.54, 1.807) is 0 Å². The maximum atomic E-state index is 11.0. The molecule has 2 N–H and O–H groups in total. The number of primary sulfonamides is 1. The molecule has 0 spiro atoms. The summed E-state index contributed by atoms with van der Waals surface area (Å²) in [6.45, 7) is 0.228. The van der Waals surface area contributed by atoms with Crippen molar-refractivity contribution in [2.45, 2.75) is 24.0 Å². The van der Waals surface area contributed by atoms with Gasteiger partial charge in [-0.3, -0.25) is 0 Å². The highest BCUT2D eigenvalue weighted by molar-refractivity contribution is 7.90. The van der Waals surface area contributed by atoms with E-state index in [4.69, 9.17) is 9.88 Å². The molecule has 0 saturated heterocycles. The molecule has 5 heteroatoms. The van der Waals surface area contributed by atoms with Crippen LogP contribution in [0.5, 0.6) is 0 Å². The number of ether oxygens (including phenoxy) is 1. The van der Waals surface area contributed by atoms with Crippen LogP contribution < -0.4 is 5.14 Å². The second-order valence-corrected chi connectivity index (χ2v) is 4.97. The number of methoxy groups -OCH3 is 1. The summed E-state index contributed by atoms with van der Waals surface area (Å²) in [4.78, 5) is 0. The van der Waals surface area contributed by atoms with Crippen molar-refractivity contribution in [1.29, 1.82) is 0 Å². The third-order valence-electron chi connectivity index (χ3n) is 2.28. The molecule has 1 aliphatic carbocycles. The van der Waals surface area contributed by atoms with Gasteiger partial charge < -0.3 is 4.74 Å². The molecule has 0 atom stereocenters. The van der Waals surface area contributed by atoms with Gasteiger partial charge in [0.1, 0.15) is 4.75 Å². The molecule has 0 aromatic carbocycles. The fourth-order valence-electron chi connectivity index (χ4n) is 1.35. The van der Waals surface area contributed by atoms with Crippen LogP contribution in [0.25, 0.3) is 0 Å². The SMILES string of the molecule is COCC1(S(N)(=O)=O)CCC1. The van der Waals surface area contributed by atoms with Crippen LogP contribution in [-0.2, 0) is 14.8 Å². The monoisotopic (exact) mass is 179 g/mol. The normalized spacial score (nSPS) is 22.7. The number of sulfonamides is 1. The molecule has 0 aliphatic heterocycles. The third-order valence-corrected chi connectivity index (χ3v) is 4.01. The smallest absolute Gasteiger partial charge is 0.217 e. The van der Waals surface area contributed by atoms with E-state index < -0.39 is 14.8 Å². The molecule has 0 unspecified atom stereocenters. The molecule has 0 bridgehead atoms. The first-order valence-electron chi connectivity index (χ1n) is 3.53. The van der Waals surface area contributed by atoms with Gasteiger partial charge in [0.05, 0.1) is 6.61 Å². The predicted octanol–water partition coefficient (Wildman–Crippen LogP) is -0.156.